The molecule has 1 N–H and O–H groups in total. The number of ether oxygens (including phenoxy) is 1. The zero-order valence-electron chi connectivity index (χ0n) is 13.1. The van der Waals surface area contributed by atoms with Gasteiger partial charge in [0.05, 0.1) is 25.3 Å². The molecule has 2 aromatic rings. The molecular weight excluding hydrogens is 296 g/mol. The molecule has 0 spiro atoms. The number of amides is 1. The van der Waals surface area contributed by atoms with E-state index in [0.29, 0.717) is 25.4 Å². The summed E-state index contributed by atoms with van der Waals surface area (Å²) in [6.07, 6.45) is 0. The van der Waals surface area contributed by atoms with Gasteiger partial charge in [0.25, 0.3) is 5.91 Å². The lowest BCUT2D eigenvalue weighted by Crippen LogP contribution is -2.39. The summed E-state index contributed by atoms with van der Waals surface area (Å²) in [5.74, 6) is -0.281. The summed E-state index contributed by atoms with van der Waals surface area (Å²) in [5.41, 5.74) is 1.22. The SMILES string of the molecule is CCn1c(O)c(N=NC(=O)CN2CCOCC2)c2ccccc21. The van der Waals surface area contributed by atoms with E-state index in [1.165, 1.54) is 0 Å². The van der Waals surface area contributed by atoms with Crippen LogP contribution in [0.4, 0.5) is 5.69 Å². The Morgan fingerprint density at radius 3 is 2.78 bits per heavy atom. The minimum atomic E-state index is -0.320. The highest BCUT2D eigenvalue weighted by molar-refractivity contribution is 5.95. The predicted octanol–water partition coefficient (Wildman–Crippen LogP) is 2.31. The molecule has 1 aromatic carbocycles. The third kappa shape index (κ3) is 3.25. The van der Waals surface area contributed by atoms with Gasteiger partial charge in [-0.05, 0) is 13.0 Å². The molecule has 1 saturated heterocycles. The number of carbonyl (C=O) groups is 1. The summed E-state index contributed by atoms with van der Waals surface area (Å²) in [6, 6.07) is 7.55. The van der Waals surface area contributed by atoms with Crippen LogP contribution >= 0.6 is 0 Å². The molecule has 2 heterocycles. The molecule has 0 aliphatic carbocycles. The summed E-state index contributed by atoms with van der Waals surface area (Å²) in [5, 5.41) is 18.9. The third-order valence-corrected chi connectivity index (χ3v) is 3.96. The van der Waals surface area contributed by atoms with Crippen LogP contribution in [0.25, 0.3) is 10.9 Å². The van der Waals surface area contributed by atoms with Gasteiger partial charge < -0.3 is 14.4 Å². The van der Waals surface area contributed by atoms with Crippen LogP contribution in [0.15, 0.2) is 34.5 Å². The molecule has 0 bridgehead atoms. The number of azo groups is 1. The largest absolute Gasteiger partial charge is 0.493 e. The number of hydrogen-bond acceptors (Lipinski definition) is 5. The lowest BCUT2D eigenvalue weighted by Gasteiger charge is -2.24. The zero-order valence-corrected chi connectivity index (χ0v) is 13.1. The average Bonchev–Trinajstić information content (AvgIpc) is 2.85. The van der Waals surface area contributed by atoms with Crippen molar-refractivity contribution < 1.29 is 14.6 Å². The summed E-state index contributed by atoms with van der Waals surface area (Å²) in [7, 11) is 0. The maximum absolute atomic E-state index is 12.0. The lowest BCUT2D eigenvalue weighted by atomic mass is 10.2. The molecule has 7 nitrogen and oxygen atoms in total. The van der Waals surface area contributed by atoms with Crippen LogP contribution in [-0.2, 0) is 16.1 Å². The summed E-state index contributed by atoms with van der Waals surface area (Å²) in [6.45, 7) is 5.49. The van der Waals surface area contributed by atoms with Crippen LogP contribution in [-0.4, -0.2) is 53.3 Å². The number of aromatic hydroxyl groups is 1. The van der Waals surface area contributed by atoms with Crippen LogP contribution in [0.1, 0.15) is 6.92 Å². The van der Waals surface area contributed by atoms with E-state index in [4.69, 9.17) is 4.74 Å². The summed E-state index contributed by atoms with van der Waals surface area (Å²) >= 11 is 0. The second-order valence-electron chi connectivity index (χ2n) is 5.42. The maximum atomic E-state index is 12.0. The van der Waals surface area contributed by atoms with Gasteiger partial charge in [-0.1, -0.05) is 18.2 Å². The Hall–Kier alpha value is -2.25. The van der Waals surface area contributed by atoms with Gasteiger partial charge in [-0.25, -0.2) is 0 Å². The van der Waals surface area contributed by atoms with Crippen molar-refractivity contribution in [1.29, 1.82) is 0 Å². The van der Waals surface area contributed by atoms with Gasteiger partial charge in [-0.15, -0.1) is 10.2 Å². The highest BCUT2D eigenvalue weighted by Gasteiger charge is 2.17. The molecule has 23 heavy (non-hydrogen) atoms. The van der Waals surface area contributed by atoms with Gasteiger partial charge in [0.1, 0.15) is 0 Å². The lowest BCUT2D eigenvalue weighted by molar-refractivity contribution is -0.120. The van der Waals surface area contributed by atoms with Gasteiger partial charge in [0, 0.05) is 25.0 Å². The molecule has 1 aromatic heterocycles. The zero-order chi connectivity index (χ0) is 16.2. The number of morpholine rings is 1. The number of benzene rings is 1. The van der Waals surface area contributed by atoms with E-state index in [1.54, 1.807) is 4.57 Å². The minimum Gasteiger partial charge on any atom is -0.493 e. The number of rotatable bonds is 4. The fraction of sp³-hybridized carbons (Fsp3) is 0.438. The smallest absolute Gasteiger partial charge is 0.278 e. The molecule has 0 unspecified atom stereocenters. The summed E-state index contributed by atoms with van der Waals surface area (Å²) < 4.78 is 6.99. The molecule has 122 valence electrons. The van der Waals surface area contributed by atoms with E-state index in [2.05, 4.69) is 10.2 Å². The quantitative estimate of drug-likeness (QED) is 0.878. The number of hydrogen-bond donors (Lipinski definition) is 1. The first-order chi connectivity index (χ1) is 11.2. The first-order valence-electron chi connectivity index (χ1n) is 7.75. The van der Waals surface area contributed by atoms with Crippen molar-refractivity contribution in [3.8, 4) is 5.88 Å². The normalized spacial score (nSPS) is 16.4. The van der Waals surface area contributed by atoms with E-state index in [9.17, 15) is 9.90 Å². The number of nitrogens with zero attached hydrogens (tertiary/aromatic N) is 4. The second kappa shape index (κ2) is 6.89. The van der Waals surface area contributed by atoms with Gasteiger partial charge in [0.2, 0.25) is 5.88 Å². The molecule has 0 atom stereocenters. The summed E-state index contributed by atoms with van der Waals surface area (Å²) in [4.78, 5) is 14.0. The van der Waals surface area contributed by atoms with Gasteiger partial charge in [0.15, 0.2) is 5.69 Å². The van der Waals surface area contributed by atoms with Crippen LogP contribution in [0.2, 0.25) is 0 Å². The minimum absolute atomic E-state index is 0.0385. The standard InChI is InChI=1S/C16H20N4O3/c1-2-20-13-6-4-3-5-12(13)15(16(20)22)18-17-14(21)11-19-7-9-23-10-8-19/h3-6,22H,2,7-11H2,1H3. The monoisotopic (exact) mass is 316 g/mol. The van der Waals surface area contributed by atoms with E-state index < -0.39 is 0 Å². The molecule has 7 heteroatoms. The Balaban J connectivity index is 1.80. The van der Waals surface area contributed by atoms with E-state index in [1.807, 2.05) is 36.1 Å². The average molecular weight is 316 g/mol. The molecule has 0 saturated carbocycles. The number of para-hydroxylation sites is 1. The molecule has 1 aliphatic rings. The molecule has 1 aliphatic heterocycles. The van der Waals surface area contributed by atoms with Gasteiger partial charge in [-0.3, -0.25) is 9.69 Å². The fourth-order valence-corrected chi connectivity index (χ4v) is 2.78. The van der Waals surface area contributed by atoms with Crippen LogP contribution in [0.5, 0.6) is 5.88 Å². The highest BCUT2D eigenvalue weighted by atomic mass is 16.5. The van der Waals surface area contributed by atoms with E-state index >= 15 is 0 Å². The van der Waals surface area contributed by atoms with Crippen molar-refractivity contribution in [3.63, 3.8) is 0 Å². The van der Waals surface area contributed by atoms with Gasteiger partial charge >= 0.3 is 0 Å². The second-order valence-corrected chi connectivity index (χ2v) is 5.42. The number of fused-ring (bicyclic) bond motifs is 1. The van der Waals surface area contributed by atoms with Crippen LogP contribution in [0, 0.1) is 0 Å². The molecule has 0 radical (unpaired) electrons. The van der Waals surface area contributed by atoms with Crippen LogP contribution < -0.4 is 0 Å². The first-order valence-corrected chi connectivity index (χ1v) is 7.75. The number of aromatic nitrogens is 1. The topological polar surface area (TPSA) is 79.4 Å². The predicted molar refractivity (Wildman–Crippen MR) is 86.1 cm³/mol. The molecule has 3 rings (SSSR count). The van der Waals surface area contributed by atoms with Crippen LogP contribution in [0.3, 0.4) is 0 Å². The van der Waals surface area contributed by atoms with E-state index in [-0.39, 0.29) is 18.3 Å². The number of aryl methyl sites for hydroxylation is 1. The number of carbonyl (C=O) groups excluding carboxylic acids is 1. The third-order valence-electron chi connectivity index (χ3n) is 3.96. The highest BCUT2D eigenvalue weighted by Crippen LogP contribution is 2.38. The Bertz CT molecular complexity index is 732. The van der Waals surface area contributed by atoms with Crippen molar-refractivity contribution in [3.05, 3.63) is 24.3 Å². The first kappa shape index (κ1) is 15.6. The van der Waals surface area contributed by atoms with Crippen molar-refractivity contribution in [1.82, 2.24) is 9.47 Å². The Morgan fingerprint density at radius 1 is 1.30 bits per heavy atom. The molecular formula is C16H20N4O3. The van der Waals surface area contributed by atoms with Crippen molar-refractivity contribution in [2.75, 3.05) is 32.8 Å². The van der Waals surface area contributed by atoms with Crippen molar-refractivity contribution in [2.45, 2.75) is 13.5 Å². The van der Waals surface area contributed by atoms with E-state index in [0.717, 1.165) is 24.0 Å². The van der Waals surface area contributed by atoms with Crippen molar-refractivity contribution in [2.24, 2.45) is 10.2 Å². The Labute approximate surface area is 134 Å². The fourth-order valence-electron chi connectivity index (χ4n) is 2.78. The maximum Gasteiger partial charge on any atom is 0.278 e. The molecule has 1 amide bonds. The van der Waals surface area contributed by atoms with Crippen molar-refractivity contribution >= 4 is 22.5 Å². The van der Waals surface area contributed by atoms with Gasteiger partial charge in [-0.2, -0.15) is 0 Å². The Kier molecular flexibility index (Phi) is 4.68. The Morgan fingerprint density at radius 2 is 2.04 bits per heavy atom. The molecule has 1 fully saturated rings.